The second-order valence-corrected chi connectivity index (χ2v) is 23.5. The van der Waals surface area contributed by atoms with Crippen molar-refractivity contribution in [2.75, 3.05) is 37.7 Å². The molecule has 5 unspecified atom stereocenters. The number of aliphatic hydroxyl groups excluding tert-OH is 1. The molecule has 10 nitrogen and oxygen atoms in total. The number of carbonyl (C=O) groups is 2. The normalized spacial score (nSPS) is 42.6. The predicted octanol–water partition coefficient (Wildman–Crippen LogP) is 7.37. The van der Waals surface area contributed by atoms with E-state index in [1.54, 1.807) is 12.1 Å². The molecular weight excluding hydrogens is 765 g/mol. The van der Waals surface area contributed by atoms with Gasteiger partial charge in [-0.25, -0.2) is 18.0 Å². The zero-order chi connectivity index (χ0) is 42.3. The topological polar surface area (TPSA) is 142 Å². The fourth-order valence-corrected chi connectivity index (χ4v) is 16.3. The molecule has 3 N–H and O–H groups in total. The predicted molar refractivity (Wildman–Crippen MR) is 229 cm³/mol. The van der Waals surface area contributed by atoms with E-state index in [-0.39, 0.29) is 46.0 Å². The molecule has 4 saturated carbocycles. The second-order valence-electron chi connectivity index (χ2n) is 21.2. The standard InChI is InChI=1S/C48H70N2O8S/c1-29(2)33-12-13-34-37(49-20-21-50-22-24-59(55,56)25-23-50)28-48(7)36(42(33)34)14-15-40-46(5)18-16-35(45(3,4)39(46)17-19-47(40,48)6)30-8-10-31(11-9-30)44(54)58-41-27-32(51)26-38(57-41)43(52)53/h8-11,16,32-34,36-42,49,51H,1,12-15,17-28H2,2-7H3,(H,52,53)/t32-,33-,34?,36+,37?,38-,39?,40?,41-,42?,46-,47+,48+/m0/s1. The molecule has 0 radical (unpaired) electrons. The Bertz CT molecular complexity index is 1930. The van der Waals surface area contributed by atoms with E-state index >= 15 is 0 Å². The zero-order valence-electron chi connectivity index (χ0n) is 36.4. The lowest BCUT2D eigenvalue weighted by Crippen LogP contribution is -2.67. The Labute approximate surface area is 352 Å². The molecule has 1 aromatic carbocycles. The van der Waals surface area contributed by atoms with E-state index < -0.39 is 40.3 Å². The Morgan fingerprint density at radius 2 is 1.68 bits per heavy atom. The molecule has 1 aromatic rings. The summed E-state index contributed by atoms with van der Waals surface area (Å²) in [4.78, 5) is 26.9. The Hall–Kier alpha value is -2.57. The number of carboxylic acids is 1. The van der Waals surface area contributed by atoms with Gasteiger partial charge in [-0.3, -0.25) is 0 Å². The van der Waals surface area contributed by atoms with Crippen LogP contribution in [-0.4, -0.2) is 97.7 Å². The van der Waals surface area contributed by atoms with Crippen molar-refractivity contribution in [3.8, 4) is 0 Å². The molecule has 2 heterocycles. The minimum absolute atomic E-state index is 0.0315. The molecule has 2 aliphatic heterocycles. The van der Waals surface area contributed by atoms with E-state index in [1.165, 1.54) is 56.1 Å². The van der Waals surface area contributed by atoms with Gasteiger partial charge in [-0.2, -0.15) is 0 Å². The SMILES string of the molecule is C=C(C)[C@@H]1CCC2C(NCCN3CCS(=O)(=O)CC3)C[C@]3(C)[C@H](CCC4[C@@]5(C)CC=C(c6ccc(C(=O)O[C@H]7C[C@@H](O)C[C@@H](C(=O)O)O7)cc6)C(C)(C)C5CC[C@]43C)C21. The highest BCUT2D eigenvalue weighted by molar-refractivity contribution is 7.91. The fourth-order valence-electron chi connectivity index (χ4n) is 15.0. The summed E-state index contributed by atoms with van der Waals surface area (Å²) < 4.78 is 35.1. The summed E-state index contributed by atoms with van der Waals surface area (Å²) in [6.07, 6.45) is 8.99. The van der Waals surface area contributed by atoms with Crippen LogP contribution in [0.1, 0.15) is 122 Å². The molecule has 2 saturated heterocycles. The maximum atomic E-state index is 13.1. The first-order valence-corrected chi connectivity index (χ1v) is 24.5. The van der Waals surface area contributed by atoms with E-state index in [0.717, 1.165) is 25.1 Å². The molecule has 0 amide bonds. The highest BCUT2D eigenvalue weighted by Crippen LogP contribution is 2.76. The fraction of sp³-hybridized carbons (Fsp3) is 0.750. The van der Waals surface area contributed by atoms with E-state index in [9.17, 15) is 28.2 Å². The Balaban J connectivity index is 1.01. The van der Waals surface area contributed by atoms with Crippen molar-refractivity contribution in [3.05, 3.63) is 53.6 Å². The van der Waals surface area contributed by atoms with E-state index in [0.29, 0.717) is 60.2 Å². The molecule has 5 aliphatic carbocycles. The lowest BCUT2D eigenvalue weighted by atomic mass is 9.33. The van der Waals surface area contributed by atoms with Gasteiger partial charge in [0.25, 0.3) is 0 Å². The second kappa shape index (κ2) is 15.7. The van der Waals surface area contributed by atoms with Gasteiger partial charge in [0.05, 0.1) is 23.2 Å². The van der Waals surface area contributed by atoms with Gasteiger partial charge in [0.1, 0.15) is 0 Å². The van der Waals surface area contributed by atoms with Crippen LogP contribution in [0.5, 0.6) is 0 Å². The molecule has 8 rings (SSSR count). The van der Waals surface area contributed by atoms with E-state index in [2.05, 4.69) is 64.4 Å². The molecule has 7 aliphatic rings. The van der Waals surface area contributed by atoms with Crippen molar-refractivity contribution in [3.63, 3.8) is 0 Å². The van der Waals surface area contributed by atoms with Gasteiger partial charge >= 0.3 is 11.9 Å². The summed E-state index contributed by atoms with van der Waals surface area (Å²) in [5.41, 5.74) is 4.61. The number of aliphatic carboxylic acids is 1. The highest BCUT2D eigenvalue weighted by Gasteiger charge is 2.69. The van der Waals surface area contributed by atoms with Crippen LogP contribution >= 0.6 is 0 Å². The van der Waals surface area contributed by atoms with Crippen molar-refractivity contribution >= 4 is 27.3 Å². The van der Waals surface area contributed by atoms with Crippen molar-refractivity contribution in [1.29, 1.82) is 0 Å². The summed E-state index contributed by atoms with van der Waals surface area (Å²) in [5.74, 6) is 2.46. The minimum Gasteiger partial charge on any atom is -0.479 e. The first-order valence-electron chi connectivity index (χ1n) is 22.7. The van der Waals surface area contributed by atoms with Gasteiger partial charge in [0, 0.05) is 45.1 Å². The molecule has 6 fully saturated rings. The number of benzene rings is 1. The Kier molecular flexibility index (Phi) is 11.4. The van der Waals surface area contributed by atoms with Crippen LogP contribution in [0, 0.1) is 57.2 Å². The van der Waals surface area contributed by atoms with Gasteiger partial charge in [-0.15, -0.1) is 0 Å². The van der Waals surface area contributed by atoms with Crippen LogP contribution in [0.25, 0.3) is 5.57 Å². The van der Waals surface area contributed by atoms with Crippen LogP contribution in [0.4, 0.5) is 0 Å². The van der Waals surface area contributed by atoms with Crippen LogP contribution in [0.2, 0.25) is 0 Å². The van der Waals surface area contributed by atoms with Crippen LogP contribution in [0.15, 0.2) is 42.5 Å². The number of esters is 1. The number of fused-ring (bicyclic) bond motifs is 7. The van der Waals surface area contributed by atoms with Crippen molar-refractivity contribution in [1.82, 2.24) is 10.2 Å². The van der Waals surface area contributed by atoms with Crippen LogP contribution in [-0.2, 0) is 24.1 Å². The smallest absolute Gasteiger partial charge is 0.340 e. The van der Waals surface area contributed by atoms with Gasteiger partial charge in [-0.1, -0.05) is 65.0 Å². The first kappa shape index (κ1) is 43.1. The number of sulfone groups is 1. The quantitative estimate of drug-likeness (QED) is 0.171. The number of ether oxygens (including phenoxy) is 2. The summed E-state index contributed by atoms with van der Waals surface area (Å²) in [7, 11) is -2.89. The van der Waals surface area contributed by atoms with Gasteiger partial charge in [0.2, 0.25) is 6.29 Å². The lowest BCUT2D eigenvalue weighted by molar-refractivity contribution is -0.219. The molecule has 326 valence electrons. The summed E-state index contributed by atoms with van der Waals surface area (Å²) in [5, 5.41) is 23.7. The maximum Gasteiger partial charge on any atom is 0.340 e. The average molecular weight is 835 g/mol. The van der Waals surface area contributed by atoms with Gasteiger partial charge in [-0.05, 0) is 139 Å². The zero-order valence-corrected chi connectivity index (χ0v) is 37.2. The number of rotatable bonds is 9. The van der Waals surface area contributed by atoms with Crippen LogP contribution in [0.3, 0.4) is 0 Å². The molecule has 11 heteroatoms. The van der Waals surface area contributed by atoms with Crippen LogP contribution < -0.4 is 5.32 Å². The lowest BCUT2D eigenvalue weighted by Gasteiger charge is -2.72. The van der Waals surface area contributed by atoms with Gasteiger partial charge in [0.15, 0.2) is 15.9 Å². The molecular formula is C48H70N2O8S. The number of nitrogens with one attached hydrogen (secondary N) is 1. The third-order valence-corrected chi connectivity index (χ3v) is 19.6. The third kappa shape index (κ3) is 7.48. The minimum atomic E-state index is -2.89. The molecule has 13 atom stereocenters. The Morgan fingerprint density at radius 1 is 0.966 bits per heavy atom. The largest absolute Gasteiger partial charge is 0.479 e. The number of hydrogen-bond acceptors (Lipinski definition) is 9. The Morgan fingerprint density at radius 3 is 2.36 bits per heavy atom. The van der Waals surface area contributed by atoms with E-state index in [1.807, 2.05) is 12.1 Å². The summed E-state index contributed by atoms with van der Waals surface area (Å²) in [6, 6.07) is 8.06. The number of nitrogens with zero attached hydrogens (tertiary/aromatic N) is 1. The molecule has 0 aromatic heterocycles. The molecule has 59 heavy (non-hydrogen) atoms. The number of hydrogen-bond donors (Lipinski definition) is 3. The number of aliphatic hydroxyl groups is 1. The highest BCUT2D eigenvalue weighted by atomic mass is 32.2. The number of allylic oxidation sites excluding steroid dienone is 3. The molecule has 0 spiro atoms. The number of carbonyl (C=O) groups excluding carboxylic acids is 1. The maximum absolute atomic E-state index is 13.1. The van der Waals surface area contributed by atoms with Gasteiger partial charge < -0.3 is 29.9 Å². The third-order valence-electron chi connectivity index (χ3n) is 18.0. The first-order chi connectivity index (χ1) is 27.8. The average Bonchev–Trinajstić information content (AvgIpc) is 3.61. The summed E-state index contributed by atoms with van der Waals surface area (Å²) >= 11 is 0. The number of carboxylic acid groups (broad SMARTS) is 1. The molecule has 0 bridgehead atoms. The monoisotopic (exact) mass is 834 g/mol. The van der Waals surface area contributed by atoms with Crippen molar-refractivity contribution in [2.24, 2.45) is 57.2 Å². The van der Waals surface area contributed by atoms with E-state index in [4.69, 9.17) is 9.47 Å². The summed E-state index contributed by atoms with van der Waals surface area (Å²) in [6.45, 7) is 22.8. The van der Waals surface area contributed by atoms with Crippen molar-refractivity contribution < 1.29 is 37.7 Å². The van der Waals surface area contributed by atoms with Crippen molar-refractivity contribution in [2.45, 2.75) is 130 Å².